The van der Waals surface area contributed by atoms with Crippen molar-refractivity contribution in [3.8, 4) is 46.3 Å². The lowest BCUT2D eigenvalue weighted by Gasteiger charge is -2.08. The Morgan fingerprint density at radius 2 is 0.970 bits per heavy atom. The number of hydrogen-bond donors (Lipinski definition) is 3. The van der Waals surface area contributed by atoms with Gasteiger partial charge in [0.25, 0.3) is 22.9 Å². The average Bonchev–Trinajstić information content (AvgIpc) is 3.25. The topological polar surface area (TPSA) is 202 Å². The van der Waals surface area contributed by atoms with Crippen molar-refractivity contribution in [3.63, 3.8) is 0 Å². The third-order valence-corrected chi connectivity index (χ3v) is 7.53. The molecular formula is C37H30Br2Cl2F10N6O10. The van der Waals surface area contributed by atoms with Gasteiger partial charge >= 0.3 is 33.1 Å². The number of aromatic nitrogens is 6. The van der Waals surface area contributed by atoms with E-state index in [0.29, 0.717) is 8.95 Å². The van der Waals surface area contributed by atoms with Gasteiger partial charge < -0.3 is 48.2 Å². The Labute approximate surface area is 397 Å². The van der Waals surface area contributed by atoms with E-state index in [1.165, 1.54) is 106 Å². The monoisotopic (exact) mass is 1140 g/mol. The van der Waals surface area contributed by atoms with E-state index in [2.05, 4.69) is 90.2 Å². The van der Waals surface area contributed by atoms with E-state index in [9.17, 15) is 53.5 Å². The van der Waals surface area contributed by atoms with Crippen LogP contribution in [0, 0.1) is 0 Å². The minimum atomic E-state index is -2.99. The van der Waals surface area contributed by atoms with Crippen molar-refractivity contribution in [2.24, 2.45) is 0 Å². The van der Waals surface area contributed by atoms with Crippen LogP contribution in [0.25, 0.3) is 0 Å². The number of nitrogens with one attached hydrogen (secondary N) is 2. The van der Waals surface area contributed by atoms with Crippen LogP contribution in [0.5, 0.6) is 46.3 Å². The summed E-state index contributed by atoms with van der Waals surface area (Å²) >= 11 is 16.8. The molecule has 67 heavy (non-hydrogen) atoms. The van der Waals surface area contributed by atoms with Crippen LogP contribution in [-0.2, 0) is 0 Å². The number of aromatic hydroxyl groups is 1. The molecule has 6 aromatic rings. The van der Waals surface area contributed by atoms with Gasteiger partial charge in [-0.05, 0) is 80.4 Å². The van der Waals surface area contributed by atoms with Crippen LogP contribution in [0.3, 0.4) is 0 Å². The Morgan fingerprint density at radius 3 is 1.48 bits per heavy atom. The Hall–Kier alpha value is -6.26. The van der Waals surface area contributed by atoms with Crippen LogP contribution < -0.4 is 44.3 Å². The molecule has 0 amide bonds. The van der Waals surface area contributed by atoms with Crippen molar-refractivity contribution in [2.45, 2.75) is 33.1 Å². The molecule has 6 heterocycles. The number of ether oxygens (including phenoxy) is 7. The summed E-state index contributed by atoms with van der Waals surface area (Å²) in [6.45, 7) is -14.6. The molecule has 16 nitrogen and oxygen atoms in total. The molecule has 0 saturated carbocycles. The number of pyridine rings is 6. The molecule has 0 unspecified atom stereocenters. The number of nitrogens with zero attached hydrogens (tertiary/aromatic N) is 4. The van der Waals surface area contributed by atoms with Crippen LogP contribution in [0.2, 0.25) is 10.3 Å². The molecule has 0 aliphatic heterocycles. The average molecular weight is 1140 g/mol. The van der Waals surface area contributed by atoms with Gasteiger partial charge in [0.05, 0.1) is 14.2 Å². The first kappa shape index (κ1) is 58.8. The Kier molecular flexibility index (Phi) is 28.4. The summed E-state index contributed by atoms with van der Waals surface area (Å²) in [6.07, 6.45) is 8.43. The molecule has 6 aromatic heterocycles. The van der Waals surface area contributed by atoms with E-state index in [-0.39, 0.29) is 50.8 Å². The molecule has 30 heteroatoms. The summed E-state index contributed by atoms with van der Waals surface area (Å²) in [5, 5.41) is 8.81. The molecule has 0 bridgehead atoms. The van der Waals surface area contributed by atoms with Gasteiger partial charge in [0, 0.05) is 58.3 Å². The lowest BCUT2D eigenvalue weighted by Crippen LogP contribution is -2.13. The van der Waals surface area contributed by atoms with Crippen molar-refractivity contribution in [1.82, 2.24) is 29.9 Å². The predicted octanol–water partition coefficient (Wildman–Crippen LogP) is 10.6. The van der Waals surface area contributed by atoms with Crippen LogP contribution in [0.1, 0.15) is 0 Å². The molecule has 3 N–H and O–H groups in total. The lowest BCUT2D eigenvalue weighted by molar-refractivity contribution is -0.0522. The van der Waals surface area contributed by atoms with E-state index in [1.807, 2.05) is 0 Å². The lowest BCUT2D eigenvalue weighted by atomic mass is 10.4. The number of alkyl halides is 10. The molecule has 0 saturated heterocycles. The second-order valence-corrected chi connectivity index (χ2v) is 13.1. The first-order valence-corrected chi connectivity index (χ1v) is 19.4. The summed E-state index contributed by atoms with van der Waals surface area (Å²) in [7, 11) is 2.66. The molecule has 0 atom stereocenters. The summed E-state index contributed by atoms with van der Waals surface area (Å²) in [5.74, 6) is -0.927. The highest BCUT2D eigenvalue weighted by atomic mass is 79.9. The van der Waals surface area contributed by atoms with Crippen molar-refractivity contribution in [3.05, 3.63) is 138 Å². The fourth-order valence-electron chi connectivity index (χ4n) is 3.61. The summed E-state index contributed by atoms with van der Waals surface area (Å²) in [4.78, 5) is 40.3. The van der Waals surface area contributed by atoms with Crippen LogP contribution in [0.15, 0.2) is 116 Å². The Morgan fingerprint density at radius 1 is 0.537 bits per heavy atom. The van der Waals surface area contributed by atoms with Crippen LogP contribution in [0.4, 0.5) is 43.9 Å². The highest BCUT2D eigenvalue weighted by Gasteiger charge is 2.13. The number of methoxy groups -OCH3 is 2. The third kappa shape index (κ3) is 25.9. The zero-order valence-corrected chi connectivity index (χ0v) is 38.0. The van der Waals surface area contributed by atoms with Gasteiger partial charge in [0.15, 0.2) is 44.8 Å². The highest BCUT2D eigenvalue weighted by Crippen LogP contribution is 2.29. The van der Waals surface area contributed by atoms with Gasteiger partial charge in [-0.25, -0.2) is 19.9 Å². The van der Waals surface area contributed by atoms with E-state index in [1.54, 1.807) is 6.07 Å². The van der Waals surface area contributed by atoms with E-state index < -0.39 is 49.9 Å². The third-order valence-electron chi connectivity index (χ3n) is 6.07. The number of H-pyrrole nitrogens is 2. The van der Waals surface area contributed by atoms with Gasteiger partial charge in [0.2, 0.25) is 0 Å². The number of aromatic amines is 2. The van der Waals surface area contributed by atoms with E-state index >= 15 is 0 Å². The standard InChI is InChI=1S/C7H6BrF2NO2.C7H7F2NO2.C6H4BrF2NO2.C6H4ClF2NO.C6H5F2NO2.C5H4ClNO/c1-12-6-5(13-7(9)10)2-4(8)3-11-6;1-11-6-5(12-7(8)9)3-2-4-10-6;7-3-1-4(12-6(8)9)5(11)10-2-3;7-5-4(11-6(8)9)2-1-3-10-5;7-6(8)11-4-2-1-3-9-5(4)10;6-5-4(8)2-1-3-7-5/h2-3,7H,1H3;2-4,7H,1H3;1-2,6H,(H,10,11);1-3,6H;1-3,6H,(H,9,10);1-3,8H. The van der Waals surface area contributed by atoms with Crippen molar-refractivity contribution < 1.29 is 82.2 Å². The molecule has 0 fully saturated rings. The minimum absolute atomic E-state index is 0.0224. The molecule has 0 aliphatic carbocycles. The zero-order valence-electron chi connectivity index (χ0n) is 33.3. The number of hydrogen-bond acceptors (Lipinski definition) is 14. The van der Waals surface area contributed by atoms with Gasteiger partial charge in [-0.2, -0.15) is 43.9 Å². The quantitative estimate of drug-likeness (QED) is 0.0771. The molecular weight excluding hydrogens is 1110 g/mol. The zero-order chi connectivity index (χ0) is 50.5. The SMILES string of the molecule is COc1ncc(Br)cc1OC(F)F.COc1ncccc1OC(F)F.FC(F)Oc1cccnc1Cl.O=c1[nH]cc(Br)cc1OC(F)F.O=c1[nH]cccc1OC(F)F.Oc1cccnc1Cl. The van der Waals surface area contributed by atoms with Crippen molar-refractivity contribution >= 4 is 55.1 Å². The molecule has 366 valence electrons. The summed E-state index contributed by atoms with van der Waals surface area (Å²) in [5.41, 5.74) is -1.34. The number of rotatable bonds is 12. The maximum atomic E-state index is 11.8. The van der Waals surface area contributed by atoms with Crippen molar-refractivity contribution in [2.75, 3.05) is 14.2 Å². The van der Waals surface area contributed by atoms with Crippen LogP contribution >= 0.6 is 55.1 Å². The largest absolute Gasteiger partial charge is 0.505 e. The number of halogens is 14. The first-order valence-electron chi connectivity index (χ1n) is 17.1. The first-order chi connectivity index (χ1) is 31.7. The van der Waals surface area contributed by atoms with Crippen LogP contribution in [-0.4, -0.2) is 82.3 Å². The fourth-order valence-corrected chi connectivity index (χ4v) is 4.52. The summed E-state index contributed by atoms with van der Waals surface area (Å²) in [6, 6.07) is 13.8. The fraction of sp³-hybridized carbons (Fsp3) is 0.189. The maximum Gasteiger partial charge on any atom is 0.387 e. The van der Waals surface area contributed by atoms with Crippen molar-refractivity contribution in [1.29, 1.82) is 0 Å². The predicted molar refractivity (Wildman–Crippen MR) is 224 cm³/mol. The molecule has 0 aliphatic rings. The highest BCUT2D eigenvalue weighted by molar-refractivity contribution is 9.10. The molecule has 0 aromatic carbocycles. The molecule has 0 spiro atoms. The normalized spacial score (nSPS) is 10.0. The van der Waals surface area contributed by atoms with E-state index in [4.69, 9.17) is 33.0 Å². The Bertz CT molecular complexity index is 2440. The van der Waals surface area contributed by atoms with Gasteiger partial charge in [0.1, 0.15) is 0 Å². The Balaban J connectivity index is 0.000000404. The van der Waals surface area contributed by atoms with Gasteiger partial charge in [-0.3, -0.25) is 9.59 Å². The minimum Gasteiger partial charge on any atom is -0.505 e. The van der Waals surface area contributed by atoms with E-state index in [0.717, 1.165) is 0 Å². The smallest absolute Gasteiger partial charge is 0.387 e. The van der Waals surface area contributed by atoms with Gasteiger partial charge in [-0.1, -0.05) is 23.2 Å². The molecule has 0 radical (unpaired) electrons. The molecule has 6 rings (SSSR count). The maximum absolute atomic E-state index is 11.8. The second-order valence-electron chi connectivity index (χ2n) is 10.5. The second kappa shape index (κ2) is 32.4. The summed E-state index contributed by atoms with van der Waals surface area (Å²) < 4.78 is 147. The van der Waals surface area contributed by atoms with Gasteiger partial charge in [-0.15, -0.1) is 0 Å².